The minimum Gasteiger partial charge on any atom is -0.454 e. The van der Waals surface area contributed by atoms with Crippen molar-refractivity contribution in [3.63, 3.8) is 0 Å². The fourth-order valence-corrected chi connectivity index (χ4v) is 2.28. The Balaban J connectivity index is 1.47. The third kappa shape index (κ3) is 3.84. The Morgan fingerprint density at radius 1 is 0.875 bits per heavy atom. The Morgan fingerprint density at radius 2 is 1.46 bits per heavy atom. The lowest BCUT2D eigenvalue weighted by Crippen LogP contribution is -2.39. The molecule has 0 aliphatic carbocycles. The smallest absolute Gasteiger partial charge is 0.309 e. The summed E-state index contributed by atoms with van der Waals surface area (Å²) in [6, 6.07) is 13.1. The number of ether oxygens (including phenoxy) is 2. The zero-order valence-corrected chi connectivity index (χ0v) is 13.3. The number of fused-ring (bicyclic) bond motifs is 1. The van der Waals surface area contributed by atoms with Gasteiger partial charge in [0.25, 0.3) is 0 Å². The molecule has 0 unspecified atom stereocenters. The van der Waals surface area contributed by atoms with E-state index < -0.39 is 11.8 Å². The summed E-state index contributed by atoms with van der Waals surface area (Å²) >= 11 is 0. The van der Waals surface area contributed by atoms with Crippen LogP contribution in [0.25, 0.3) is 0 Å². The lowest BCUT2D eigenvalue weighted by Gasteiger charge is -2.07. The Morgan fingerprint density at radius 3 is 2.17 bits per heavy atom. The van der Waals surface area contributed by atoms with Gasteiger partial charge in [0.2, 0.25) is 6.79 Å². The van der Waals surface area contributed by atoms with Gasteiger partial charge in [-0.3, -0.25) is 9.59 Å². The molecular formula is C18H18N2O4. The Kier molecular flexibility index (Phi) is 4.65. The molecule has 0 aromatic heterocycles. The van der Waals surface area contributed by atoms with Gasteiger partial charge in [-0.05, 0) is 30.2 Å². The van der Waals surface area contributed by atoms with Gasteiger partial charge < -0.3 is 20.1 Å². The highest BCUT2D eigenvalue weighted by atomic mass is 16.7. The van der Waals surface area contributed by atoms with Crippen LogP contribution in [0.3, 0.4) is 0 Å². The Hall–Kier alpha value is -3.02. The standard InChI is InChI=1S/C18H18N2O4/c1-12-2-4-13(5-3-12)9-19-17(21)18(22)20-10-14-6-7-15-16(8-14)24-11-23-15/h2-8H,9-11H2,1H3,(H,19,21)(H,20,22). The molecule has 6 nitrogen and oxygen atoms in total. The van der Waals surface area contributed by atoms with E-state index in [0.717, 1.165) is 16.7 Å². The van der Waals surface area contributed by atoms with Crippen molar-refractivity contribution in [3.8, 4) is 11.5 Å². The highest BCUT2D eigenvalue weighted by Crippen LogP contribution is 2.32. The summed E-state index contributed by atoms with van der Waals surface area (Å²) in [6.07, 6.45) is 0. The van der Waals surface area contributed by atoms with E-state index in [1.165, 1.54) is 0 Å². The van der Waals surface area contributed by atoms with Crippen LogP contribution in [0.5, 0.6) is 11.5 Å². The van der Waals surface area contributed by atoms with Crippen LogP contribution in [0.15, 0.2) is 42.5 Å². The number of hydrogen-bond donors (Lipinski definition) is 2. The first-order valence-corrected chi connectivity index (χ1v) is 7.62. The summed E-state index contributed by atoms with van der Waals surface area (Å²) in [6.45, 7) is 2.75. The molecule has 3 rings (SSSR count). The first kappa shape index (κ1) is 15.9. The molecular weight excluding hydrogens is 308 g/mol. The predicted octanol–water partition coefficient (Wildman–Crippen LogP) is 1.66. The number of hydrogen-bond acceptors (Lipinski definition) is 4. The number of benzene rings is 2. The van der Waals surface area contributed by atoms with Crippen molar-refractivity contribution in [2.75, 3.05) is 6.79 Å². The SMILES string of the molecule is Cc1ccc(CNC(=O)C(=O)NCc2ccc3c(c2)OCO3)cc1. The quantitative estimate of drug-likeness (QED) is 0.838. The Labute approximate surface area is 139 Å². The van der Waals surface area contributed by atoms with E-state index in [9.17, 15) is 9.59 Å². The minimum atomic E-state index is -0.667. The molecule has 0 saturated carbocycles. The molecule has 1 aliphatic rings. The molecule has 2 N–H and O–H groups in total. The second kappa shape index (κ2) is 7.04. The van der Waals surface area contributed by atoms with Gasteiger partial charge in [-0.25, -0.2) is 0 Å². The van der Waals surface area contributed by atoms with Crippen molar-refractivity contribution >= 4 is 11.8 Å². The average molecular weight is 326 g/mol. The molecule has 6 heteroatoms. The van der Waals surface area contributed by atoms with E-state index >= 15 is 0 Å². The van der Waals surface area contributed by atoms with Crippen LogP contribution in [0, 0.1) is 6.92 Å². The van der Waals surface area contributed by atoms with Crippen molar-refractivity contribution in [2.24, 2.45) is 0 Å². The number of amides is 2. The van der Waals surface area contributed by atoms with Gasteiger partial charge in [-0.15, -0.1) is 0 Å². The van der Waals surface area contributed by atoms with Gasteiger partial charge in [-0.1, -0.05) is 35.9 Å². The number of carbonyl (C=O) groups excluding carboxylic acids is 2. The summed E-state index contributed by atoms with van der Waals surface area (Å²) < 4.78 is 10.5. The molecule has 1 aliphatic heterocycles. The molecule has 0 atom stereocenters. The van der Waals surface area contributed by atoms with Crippen molar-refractivity contribution in [1.82, 2.24) is 10.6 Å². The van der Waals surface area contributed by atoms with E-state index in [4.69, 9.17) is 9.47 Å². The highest BCUT2D eigenvalue weighted by molar-refractivity contribution is 6.35. The van der Waals surface area contributed by atoms with E-state index in [1.54, 1.807) is 12.1 Å². The van der Waals surface area contributed by atoms with E-state index in [0.29, 0.717) is 18.0 Å². The lowest BCUT2D eigenvalue weighted by molar-refractivity contribution is -0.139. The largest absolute Gasteiger partial charge is 0.454 e. The monoisotopic (exact) mass is 326 g/mol. The van der Waals surface area contributed by atoms with Crippen molar-refractivity contribution in [1.29, 1.82) is 0 Å². The fourth-order valence-electron chi connectivity index (χ4n) is 2.28. The molecule has 0 radical (unpaired) electrons. The van der Waals surface area contributed by atoms with Crippen molar-refractivity contribution in [3.05, 3.63) is 59.2 Å². The van der Waals surface area contributed by atoms with Crippen LogP contribution >= 0.6 is 0 Å². The van der Waals surface area contributed by atoms with Gasteiger partial charge in [0, 0.05) is 13.1 Å². The average Bonchev–Trinajstić information content (AvgIpc) is 3.06. The first-order valence-electron chi connectivity index (χ1n) is 7.62. The van der Waals surface area contributed by atoms with Gasteiger partial charge in [-0.2, -0.15) is 0 Å². The number of rotatable bonds is 4. The third-order valence-electron chi connectivity index (χ3n) is 3.67. The van der Waals surface area contributed by atoms with Crippen LogP contribution in [-0.4, -0.2) is 18.6 Å². The summed E-state index contributed by atoms with van der Waals surface area (Å²) in [7, 11) is 0. The molecule has 0 bridgehead atoms. The summed E-state index contributed by atoms with van der Waals surface area (Å²) in [4.78, 5) is 23.7. The second-order valence-electron chi connectivity index (χ2n) is 5.54. The van der Waals surface area contributed by atoms with Crippen molar-refractivity contribution in [2.45, 2.75) is 20.0 Å². The van der Waals surface area contributed by atoms with Crippen LogP contribution < -0.4 is 20.1 Å². The number of nitrogens with one attached hydrogen (secondary N) is 2. The van der Waals surface area contributed by atoms with Gasteiger partial charge in [0.15, 0.2) is 11.5 Å². The van der Waals surface area contributed by atoms with E-state index in [2.05, 4.69) is 10.6 Å². The summed E-state index contributed by atoms with van der Waals surface area (Å²) in [5.74, 6) is 0.00239. The van der Waals surface area contributed by atoms with Crippen LogP contribution in [0.4, 0.5) is 0 Å². The van der Waals surface area contributed by atoms with Gasteiger partial charge >= 0.3 is 11.8 Å². The van der Waals surface area contributed by atoms with Crippen molar-refractivity contribution < 1.29 is 19.1 Å². The fraction of sp³-hybridized carbons (Fsp3) is 0.222. The predicted molar refractivity (Wildman–Crippen MR) is 87.4 cm³/mol. The van der Waals surface area contributed by atoms with Gasteiger partial charge in [0.1, 0.15) is 0 Å². The molecule has 2 amide bonds. The van der Waals surface area contributed by atoms with Crippen LogP contribution in [-0.2, 0) is 22.7 Å². The molecule has 0 fully saturated rings. The van der Waals surface area contributed by atoms with Crippen LogP contribution in [0.1, 0.15) is 16.7 Å². The first-order chi connectivity index (χ1) is 11.6. The van der Waals surface area contributed by atoms with E-state index in [-0.39, 0.29) is 13.3 Å². The Bertz CT molecular complexity index is 756. The van der Waals surface area contributed by atoms with Gasteiger partial charge in [0.05, 0.1) is 0 Å². The molecule has 2 aromatic rings. The highest BCUT2D eigenvalue weighted by Gasteiger charge is 2.15. The minimum absolute atomic E-state index is 0.201. The molecule has 0 spiro atoms. The molecule has 1 heterocycles. The maximum atomic E-state index is 11.8. The second-order valence-corrected chi connectivity index (χ2v) is 5.54. The normalized spacial score (nSPS) is 11.9. The lowest BCUT2D eigenvalue weighted by atomic mass is 10.1. The molecule has 2 aromatic carbocycles. The number of carbonyl (C=O) groups is 2. The zero-order valence-electron chi connectivity index (χ0n) is 13.3. The van der Waals surface area contributed by atoms with E-state index in [1.807, 2.05) is 37.3 Å². The summed E-state index contributed by atoms with van der Waals surface area (Å²) in [5, 5.41) is 5.19. The maximum absolute atomic E-state index is 11.8. The maximum Gasteiger partial charge on any atom is 0.309 e. The zero-order chi connectivity index (χ0) is 16.9. The molecule has 124 valence electrons. The summed E-state index contributed by atoms with van der Waals surface area (Å²) in [5.41, 5.74) is 2.92. The third-order valence-corrected chi connectivity index (χ3v) is 3.67. The topological polar surface area (TPSA) is 76.7 Å². The molecule has 0 saturated heterocycles. The van der Waals surface area contributed by atoms with Crippen LogP contribution in [0.2, 0.25) is 0 Å². The number of aryl methyl sites for hydroxylation is 1. The molecule has 24 heavy (non-hydrogen) atoms.